The van der Waals surface area contributed by atoms with Crippen LogP contribution in [-0.2, 0) is 12.8 Å². The van der Waals surface area contributed by atoms with Crippen LogP contribution in [0.3, 0.4) is 0 Å². The first-order valence-corrected chi connectivity index (χ1v) is 7.39. The number of halogens is 2. The maximum atomic E-state index is 13.0. The summed E-state index contributed by atoms with van der Waals surface area (Å²) in [5.74, 6) is 0.145. The SMILES string of the molecule is CC(C)Cc1cccc(C(=O)Cc2ccc(F)cc2Cl)c1. The van der Waals surface area contributed by atoms with E-state index in [0.717, 1.165) is 12.0 Å². The molecule has 2 rings (SSSR count). The number of hydrogen-bond donors (Lipinski definition) is 0. The van der Waals surface area contributed by atoms with Crippen LogP contribution in [0.1, 0.15) is 35.3 Å². The Morgan fingerprint density at radius 3 is 2.62 bits per heavy atom. The maximum Gasteiger partial charge on any atom is 0.167 e. The summed E-state index contributed by atoms with van der Waals surface area (Å²) in [6, 6.07) is 11.8. The molecule has 3 heteroatoms. The summed E-state index contributed by atoms with van der Waals surface area (Å²) >= 11 is 5.97. The zero-order valence-corrected chi connectivity index (χ0v) is 13.0. The summed E-state index contributed by atoms with van der Waals surface area (Å²) in [5.41, 5.74) is 2.48. The lowest BCUT2D eigenvalue weighted by molar-refractivity contribution is 0.0993. The average molecular weight is 305 g/mol. The lowest BCUT2D eigenvalue weighted by Crippen LogP contribution is -2.05. The van der Waals surface area contributed by atoms with Gasteiger partial charge >= 0.3 is 0 Å². The Labute approximate surface area is 129 Å². The quantitative estimate of drug-likeness (QED) is 0.702. The minimum absolute atomic E-state index is 0.00545. The number of Topliss-reactive ketones (excluding diaryl/α,β-unsaturated/α-hetero) is 1. The summed E-state index contributed by atoms with van der Waals surface area (Å²) in [5, 5.41) is 0.293. The van der Waals surface area contributed by atoms with E-state index in [9.17, 15) is 9.18 Å². The second-order valence-corrected chi connectivity index (χ2v) is 6.04. The van der Waals surface area contributed by atoms with E-state index in [2.05, 4.69) is 13.8 Å². The molecule has 0 atom stereocenters. The molecule has 0 saturated heterocycles. The lowest BCUT2D eigenvalue weighted by Gasteiger charge is -2.08. The van der Waals surface area contributed by atoms with Crippen molar-refractivity contribution in [3.63, 3.8) is 0 Å². The van der Waals surface area contributed by atoms with E-state index in [1.165, 1.54) is 12.1 Å². The molecule has 1 nitrogen and oxygen atoms in total. The molecule has 0 fully saturated rings. The number of hydrogen-bond acceptors (Lipinski definition) is 1. The summed E-state index contributed by atoms with van der Waals surface area (Å²) < 4.78 is 13.0. The van der Waals surface area contributed by atoms with E-state index in [0.29, 0.717) is 22.1 Å². The molecule has 0 bridgehead atoms. The Hall–Kier alpha value is -1.67. The molecule has 0 aliphatic heterocycles. The van der Waals surface area contributed by atoms with Crippen molar-refractivity contribution < 1.29 is 9.18 Å². The monoisotopic (exact) mass is 304 g/mol. The van der Waals surface area contributed by atoms with E-state index >= 15 is 0 Å². The van der Waals surface area contributed by atoms with Crippen LogP contribution < -0.4 is 0 Å². The van der Waals surface area contributed by atoms with Crippen LogP contribution in [0, 0.1) is 11.7 Å². The molecule has 110 valence electrons. The van der Waals surface area contributed by atoms with E-state index < -0.39 is 5.82 Å². The van der Waals surface area contributed by atoms with Crippen LogP contribution in [0.5, 0.6) is 0 Å². The summed E-state index contributed by atoms with van der Waals surface area (Å²) in [4.78, 5) is 12.3. The normalized spacial score (nSPS) is 10.9. The van der Waals surface area contributed by atoms with Gasteiger partial charge in [0.25, 0.3) is 0 Å². The van der Waals surface area contributed by atoms with Gasteiger partial charge in [0.1, 0.15) is 5.82 Å². The number of ketones is 1. The van der Waals surface area contributed by atoms with Crippen LogP contribution in [0.25, 0.3) is 0 Å². The first kappa shape index (κ1) is 15.7. The Bertz CT molecular complexity index is 649. The van der Waals surface area contributed by atoms with Crippen LogP contribution in [0.15, 0.2) is 42.5 Å². The summed E-state index contributed by atoms with van der Waals surface area (Å²) in [6.45, 7) is 4.29. The van der Waals surface area contributed by atoms with Gasteiger partial charge in [-0.15, -0.1) is 0 Å². The predicted octanol–water partition coefficient (Wildman–Crippen LogP) is 5.10. The number of rotatable bonds is 5. The second kappa shape index (κ2) is 6.86. The minimum Gasteiger partial charge on any atom is -0.294 e. The van der Waals surface area contributed by atoms with Crippen molar-refractivity contribution in [1.82, 2.24) is 0 Å². The van der Waals surface area contributed by atoms with Crippen molar-refractivity contribution in [3.8, 4) is 0 Å². The van der Waals surface area contributed by atoms with Gasteiger partial charge in [-0.2, -0.15) is 0 Å². The topological polar surface area (TPSA) is 17.1 Å². The van der Waals surface area contributed by atoms with Gasteiger partial charge in [0, 0.05) is 17.0 Å². The zero-order valence-electron chi connectivity index (χ0n) is 12.2. The van der Waals surface area contributed by atoms with Crippen molar-refractivity contribution in [2.24, 2.45) is 5.92 Å². The van der Waals surface area contributed by atoms with E-state index in [4.69, 9.17) is 11.6 Å². The molecular weight excluding hydrogens is 287 g/mol. The highest BCUT2D eigenvalue weighted by Crippen LogP contribution is 2.20. The molecule has 2 aromatic rings. The molecule has 0 amide bonds. The highest BCUT2D eigenvalue weighted by molar-refractivity contribution is 6.31. The maximum absolute atomic E-state index is 13.0. The summed E-state index contributed by atoms with van der Waals surface area (Å²) in [6.07, 6.45) is 1.13. The van der Waals surface area contributed by atoms with Gasteiger partial charge in [-0.25, -0.2) is 4.39 Å². The zero-order chi connectivity index (χ0) is 15.4. The van der Waals surface area contributed by atoms with Gasteiger partial charge in [0.05, 0.1) is 0 Å². The molecular formula is C18H18ClFO. The van der Waals surface area contributed by atoms with Crippen molar-refractivity contribution in [1.29, 1.82) is 0 Å². The average Bonchev–Trinajstić information content (AvgIpc) is 2.41. The van der Waals surface area contributed by atoms with Crippen LogP contribution in [-0.4, -0.2) is 5.78 Å². The first-order valence-electron chi connectivity index (χ1n) is 7.02. The highest BCUT2D eigenvalue weighted by Gasteiger charge is 2.11. The van der Waals surface area contributed by atoms with Gasteiger partial charge in [-0.3, -0.25) is 4.79 Å². The Kier molecular flexibility index (Phi) is 5.13. The predicted molar refractivity (Wildman–Crippen MR) is 84.4 cm³/mol. The molecule has 0 unspecified atom stereocenters. The van der Waals surface area contributed by atoms with Gasteiger partial charge in [0.15, 0.2) is 5.78 Å². The number of carbonyl (C=O) groups excluding carboxylic acids is 1. The van der Waals surface area contributed by atoms with Crippen LogP contribution >= 0.6 is 11.6 Å². The lowest BCUT2D eigenvalue weighted by atomic mass is 9.97. The van der Waals surface area contributed by atoms with Crippen LogP contribution in [0.4, 0.5) is 4.39 Å². The standard InChI is InChI=1S/C18H18ClFO/c1-12(2)8-13-4-3-5-15(9-13)18(21)10-14-6-7-16(20)11-17(14)19/h3-7,9,11-12H,8,10H2,1-2H3. The molecule has 2 aromatic carbocycles. The third kappa shape index (κ3) is 4.40. The third-order valence-corrected chi connectivity index (χ3v) is 3.61. The molecule has 0 saturated carbocycles. The Morgan fingerprint density at radius 2 is 1.95 bits per heavy atom. The highest BCUT2D eigenvalue weighted by atomic mass is 35.5. The number of benzene rings is 2. The van der Waals surface area contributed by atoms with Gasteiger partial charge in [-0.1, -0.05) is 49.7 Å². The molecule has 0 radical (unpaired) electrons. The van der Waals surface area contributed by atoms with Crippen molar-refractivity contribution >= 4 is 17.4 Å². The Morgan fingerprint density at radius 1 is 1.19 bits per heavy atom. The molecule has 0 spiro atoms. The van der Waals surface area contributed by atoms with Gasteiger partial charge < -0.3 is 0 Å². The molecule has 0 N–H and O–H groups in total. The summed E-state index contributed by atoms with van der Waals surface area (Å²) in [7, 11) is 0. The molecule has 21 heavy (non-hydrogen) atoms. The molecule has 0 aliphatic carbocycles. The first-order chi connectivity index (χ1) is 9.95. The molecule has 0 heterocycles. The number of carbonyl (C=O) groups is 1. The van der Waals surface area contributed by atoms with Gasteiger partial charge in [0.2, 0.25) is 0 Å². The second-order valence-electron chi connectivity index (χ2n) is 5.63. The van der Waals surface area contributed by atoms with Crippen molar-refractivity contribution in [3.05, 3.63) is 70.0 Å². The largest absolute Gasteiger partial charge is 0.294 e. The molecule has 0 aromatic heterocycles. The van der Waals surface area contributed by atoms with Crippen molar-refractivity contribution in [2.75, 3.05) is 0 Å². The van der Waals surface area contributed by atoms with Gasteiger partial charge in [-0.05, 0) is 41.7 Å². The molecule has 0 aliphatic rings. The minimum atomic E-state index is -0.393. The van der Waals surface area contributed by atoms with Crippen molar-refractivity contribution in [2.45, 2.75) is 26.7 Å². The fraction of sp³-hybridized carbons (Fsp3) is 0.278. The third-order valence-electron chi connectivity index (χ3n) is 3.26. The van der Waals surface area contributed by atoms with Crippen LogP contribution in [0.2, 0.25) is 5.02 Å². The van der Waals surface area contributed by atoms with E-state index in [1.807, 2.05) is 24.3 Å². The van der Waals surface area contributed by atoms with E-state index in [1.54, 1.807) is 6.07 Å². The smallest absolute Gasteiger partial charge is 0.167 e. The fourth-order valence-electron chi connectivity index (χ4n) is 2.28. The fourth-order valence-corrected chi connectivity index (χ4v) is 2.52. The Balaban J connectivity index is 2.16. The van der Waals surface area contributed by atoms with E-state index in [-0.39, 0.29) is 12.2 Å².